The van der Waals surface area contributed by atoms with Gasteiger partial charge in [0.25, 0.3) is 0 Å². The first-order valence-corrected chi connectivity index (χ1v) is 7.30. The van der Waals surface area contributed by atoms with E-state index in [2.05, 4.69) is 28.1 Å². The van der Waals surface area contributed by atoms with Gasteiger partial charge in [-0.3, -0.25) is 0 Å². The number of ether oxygens (including phenoxy) is 2. The molecule has 0 bridgehead atoms. The summed E-state index contributed by atoms with van der Waals surface area (Å²) >= 11 is 3.30. The number of hydrogen-bond acceptors (Lipinski definition) is 2. The summed E-state index contributed by atoms with van der Waals surface area (Å²) in [5.41, 5.74) is 2.49. The molecule has 1 aliphatic rings. The Morgan fingerprint density at radius 3 is 2.95 bits per heavy atom. The molecule has 2 aromatic carbocycles. The van der Waals surface area contributed by atoms with Crippen molar-refractivity contribution in [3.8, 4) is 5.75 Å². The van der Waals surface area contributed by atoms with Crippen LogP contribution in [0.1, 0.15) is 17.2 Å². The Balaban J connectivity index is 1.73. The summed E-state index contributed by atoms with van der Waals surface area (Å²) in [4.78, 5) is 0. The molecular formula is C16H14BrFO2. The van der Waals surface area contributed by atoms with Crippen molar-refractivity contribution in [3.05, 3.63) is 63.9 Å². The van der Waals surface area contributed by atoms with Crippen LogP contribution in [0.3, 0.4) is 0 Å². The summed E-state index contributed by atoms with van der Waals surface area (Å²) in [5.74, 6) is 0.335. The van der Waals surface area contributed by atoms with E-state index in [0.29, 0.717) is 23.4 Å². The molecule has 0 aliphatic carbocycles. The highest BCUT2D eigenvalue weighted by molar-refractivity contribution is 9.10. The third-order valence-corrected chi connectivity index (χ3v) is 4.00. The van der Waals surface area contributed by atoms with Gasteiger partial charge in [-0.25, -0.2) is 4.39 Å². The quantitative estimate of drug-likeness (QED) is 0.832. The van der Waals surface area contributed by atoms with E-state index in [1.54, 1.807) is 6.07 Å². The van der Waals surface area contributed by atoms with Gasteiger partial charge in [-0.1, -0.05) is 24.3 Å². The van der Waals surface area contributed by atoms with Gasteiger partial charge < -0.3 is 9.47 Å². The molecule has 0 amide bonds. The topological polar surface area (TPSA) is 18.5 Å². The average molecular weight is 337 g/mol. The maximum absolute atomic E-state index is 13.0. The van der Waals surface area contributed by atoms with E-state index in [1.165, 1.54) is 23.3 Å². The van der Waals surface area contributed by atoms with Crippen molar-refractivity contribution in [1.29, 1.82) is 0 Å². The molecule has 1 heterocycles. The van der Waals surface area contributed by atoms with E-state index in [-0.39, 0.29) is 11.9 Å². The van der Waals surface area contributed by atoms with Crippen LogP contribution in [0.5, 0.6) is 5.75 Å². The van der Waals surface area contributed by atoms with Crippen LogP contribution in [0.2, 0.25) is 0 Å². The Hall–Kier alpha value is -1.39. The lowest BCUT2D eigenvalue weighted by atomic mass is 9.98. The minimum absolute atomic E-state index is 0.0723. The van der Waals surface area contributed by atoms with Crippen LogP contribution in [0.25, 0.3) is 0 Å². The highest BCUT2D eigenvalue weighted by atomic mass is 79.9. The predicted octanol–water partition coefficient (Wildman–Crippen LogP) is 4.28. The summed E-state index contributed by atoms with van der Waals surface area (Å²) in [7, 11) is 0. The van der Waals surface area contributed by atoms with Crippen molar-refractivity contribution in [3.63, 3.8) is 0 Å². The second kappa shape index (κ2) is 5.94. The standard InChI is InChI=1S/C16H14BrFO2/c17-14-9-12(18)5-6-15(14)20-10-16-13-4-2-1-3-11(13)7-8-19-16/h1-6,9,16H,7-8,10H2. The summed E-state index contributed by atoms with van der Waals surface area (Å²) in [6, 6.07) is 12.6. The molecular weight excluding hydrogens is 323 g/mol. The SMILES string of the molecule is Fc1ccc(OCC2OCCc3ccccc32)c(Br)c1. The van der Waals surface area contributed by atoms with Crippen molar-refractivity contribution < 1.29 is 13.9 Å². The van der Waals surface area contributed by atoms with Gasteiger partial charge in [0.05, 0.1) is 11.1 Å². The van der Waals surface area contributed by atoms with E-state index >= 15 is 0 Å². The number of rotatable bonds is 3. The molecule has 0 aromatic heterocycles. The van der Waals surface area contributed by atoms with Gasteiger partial charge in [-0.05, 0) is 51.7 Å². The van der Waals surface area contributed by atoms with Crippen LogP contribution in [-0.2, 0) is 11.2 Å². The summed E-state index contributed by atoms with van der Waals surface area (Å²) < 4.78 is 25.2. The summed E-state index contributed by atoms with van der Waals surface area (Å²) in [5, 5.41) is 0. The van der Waals surface area contributed by atoms with Crippen molar-refractivity contribution in [2.24, 2.45) is 0 Å². The molecule has 0 saturated carbocycles. The van der Waals surface area contributed by atoms with Crippen molar-refractivity contribution in [1.82, 2.24) is 0 Å². The van der Waals surface area contributed by atoms with E-state index in [0.717, 1.165) is 6.42 Å². The Morgan fingerprint density at radius 1 is 1.25 bits per heavy atom. The van der Waals surface area contributed by atoms with Crippen molar-refractivity contribution in [2.45, 2.75) is 12.5 Å². The van der Waals surface area contributed by atoms with Gasteiger partial charge in [-0.15, -0.1) is 0 Å². The molecule has 0 fully saturated rings. The maximum Gasteiger partial charge on any atom is 0.133 e. The molecule has 0 radical (unpaired) electrons. The summed E-state index contributed by atoms with van der Waals surface area (Å²) in [6.45, 7) is 1.12. The monoisotopic (exact) mass is 336 g/mol. The fraction of sp³-hybridized carbons (Fsp3) is 0.250. The van der Waals surface area contributed by atoms with Crippen LogP contribution < -0.4 is 4.74 Å². The molecule has 0 spiro atoms. The highest BCUT2D eigenvalue weighted by Gasteiger charge is 2.21. The van der Waals surface area contributed by atoms with Gasteiger partial charge in [0.2, 0.25) is 0 Å². The first-order chi connectivity index (χ1) is 9.74. The van der Waals surface area contributed by atoms with Crippen LogP contribution >= 0.6 is 15.9 Å². The molecule has 0 saturated heterocycles. The molecule has 1 unspecified atom stereocenters. The summed E-state index contributed by atoms with van der Waals surface area (Å²) in [6.07, 6.45) is 0.865. The minimum Gasteiger partial charge on any atom is -0.489 e. The smallest absolute Gasteiger partial charge is 0.133 e. The minimum atomic E-state index is -0.288. The van der Waals surface area contributed by atoms with Crippen molar-refractivity contribution in [2.75, 3.05) is 13.2 Å². The number of fused-ring (bicyclic) bond motifs is 1. The lowest BCUT2D eigenvalue weighted by Gasteiger charge is -2.26. The molecule has 1 atom stereocenters. The van der Waals surface area contributed by atoms with Gasteiger partial charge in [0.1, 0.15) is 24.3 Å². The number of benzene rings is 2. The van der Waals surface area contributed by atoms with Gasteiger partial charge in [0, 0.05) is 0 Å². The highest BCUT2D eigenvalue weighted by Crippen LogP contribution is 2.30. The molecule has 2 nitrogen and oxygen atoms in total. The predicted molar refractivity (Wildman–Crippen MR) is 78.4 cm³/mol. The van der Waals surface area contributed by atoms with Gasteiger partial charge in [-0.2, -0.15) is 0 Å². The zero-order valence-corrected chi connectivity index (χ0v) is 12.4. The lowest BCUT2D eigenvalue weighted by Crippen LogP contribution is -2.21. The zero-order chi connectivity index (χ0) is 13.9. The Bertz CT molecular complexity index is 615. The van der Waals surface area contributed by atoms with Gasteiger partial charge in [0.15, 0.2) is 0 Å². The average Bonchev–Trinajstić information content (AvgIpc) is 2.46. The normalized spacial score (nSPS) is 17.6. The van der Waals surface area contributed by atoms with Crippen molar-refractivity contribution >= 4 is 15.9 Å². The third kappa shape index (κ3) is 2.86. The fourth-order valence-corrected chi connectivity index (χ4v) is 2.84. The molecule has 20 heavy (non-hydrogen) atoms. The first-order valence-electron chi connectivity index (χ1n) is 6.51. The van der Waals surface area contributed by atoms with Crippen LogP contribution in [-0.4, -0.2) is 13.2 Å². The largest absolute Gasteiger partial charge is 0.489 e. The van der Waals surface area contributed by atoms with Gasteiger partial charge >= 0.3 is 0 Å². The zero-order valence-electron chi connectivity index (χ0n) is 10.8. The molecule has 0 N–H and O–H groups in total. The van der Waals surface area contributed by atoms with E-state index in [9.17, 15) is 4.39 Å². The Labute approximate surface area is 125 Å². The molecule has 1 aliphatic heterocycles. The Morgan fingerprint density at radius 2 is 2.10 bits per heavy atom. The van der Waals surface area contributed by atoms with E-state index in [4.69, 9.17) is 9.47 Å². The lowest BCUT2D eigenvalue weighted by molar-refractivity contribution is 0.0100. The van der Waals surface area contributed by atoms with Crippen LogP contribution in [0, 0.1) is 5.82 Å². The van der Waals surface area contributed by atoms with Crippen LogP contribution in [0.15, 0.2) is 46.9 Å². The molecule has 104 valence electrons. The molecule has 4 heteroatoms. The third-order valence-electron chi connectivity index (χ3n) is 3.38. The van der Waals surface area contributed by atoms with Crippen LogP contribution in [0.4, 0.5) is 4.39 Å². The second-order valence-corrected chi connectivity index (χ2v) is 5.55. The maximum atomic E-state index is 13.0. The molecule has 2 aromatic rings. The number of hydrogen-bond donors (Lipinski definition) is 0. The fourth-order valence-electron chi connectivity index (χ4n) is 2.37. The second-order valence-electron chi connectivity index (χ2n) is 4.69. The van der Waals surface area contributed by atoms with E-state index < -0.39 is 0 Å². The Kier molecular flexibility index (Phi) is 4.03. The number of halogens is 2. The first kappa shape index (κ1) is 13.6. The van der Waals surface area contributed by atoms with E-state index in [1.807, 2.05) is 12.1 Å². The molecule has 3 rings (SSSR count).